The van der Waals surface area contributed by atoms with E-state index < -0.39 is 0 Å². The fourth-order valence-electron chi connectivity index (χ4n) is 1.34. The van der Waals surface area contributed by atoms with E-state index in [2.05, 4.69) is 10.7 Å². The quantitative estimate of drug-likeness (QED) is 0.405. The Morgan fingerprint density at radius 1 is 1.40 bits per heavy atom. The van der Waals surface area contributed by atoms with Crippen molar-refractivity contribution >= 4 is 28.3 Å². The highest BCUT2D eigenvalue weighted by molar-refractivity contribution is 7.80. The van der Waals surface area contributed by atoms with Crippen LogP contribution in [-0.4, -0.2) is 5.11 Å². The number of thiocarbonyl (C=S) groups is 1. The highest BCUT2D eigenvalue weighted by atomic mass is 32.1. The van der Waals surface area contributed by atoms with Gasteiger partial charge in [-0.3, -0.25) is 0 Å². The lowest BCUT2D eigenvalue weighted by Gasteiger charge is -2.03. The molecule has 5 heteroatoms. The van der Waals surface area contributed by atoms with E-state index in [0.29, 0.717) is 11.7 Å². The Morgan fingerprint density at radius 3 is 2.93 bits per heavy atom. The average molecular weight is 221 g/mol. The maximum absolute atomic E-state index is 5.57. The van der Waals surface area contributed by atoms with Crippen LogP contribution in [0.4, 0.5) is 0 Å². The van der Waals surface area contributed by atoms with Crippen molar-refractivity contribution in [2.75, 3.05) is 0 Å². The predicted octanol–water partition coefficient (Wildman–Crippen LogP) is 1.27. The summed E-state index contributed by atoms with van der Waals surface area (Å²) in [5.74, 6) is 5.95. The fraction of sp³-hybridized carbons (Fsp3) is 0.100. The van der Waals surface area contributed by atoms with E-state index in [-0.39, 0.29) is 0 Å². The summed E-state index contributed by atoms with van der Waals surface area (Å²) >= 11 is 4.85. The third kappa shape index (κ3) is 2.26. The van der Waals surface area contributed by atoms with Crippen molar-refractivity contribution in [1.82, 2.24) is 10.7 Å². The Balaban J connectivity index is 2.12. The summed E-state index contributed by atoms with van der Waals surface area (Å²) in [6.07, 6.45) is 0. The Bertz CT molecular complexity index is 447. The third-order valence-electron chi connectivity index (χ3n) is 2.03. The minimum Gasteiger partial charge on any atom is -0.459 e. The van der Waals surface area contributed by atoms with Crippen LogP contribution < -0.4 is 16.6 Å². The topological polar surface area (TPSA) is 63.2 Å². The molecule has 4 nitrogen and oxygen atoms in total. The molecule has 1 aromatic carbocycles. The molecule has 1 aromatic heterocycles. The average Bonchev–Trinajstić information content (AvgIpc) is 2.68. The van der Waals surface area contributed by atoms with Gasteiger partial charge in [0.1, 0.15) is 11.3 Å². The molecule has 0 radical (unpaired) electrons. The summed E-state index contributed by atoms with van der Waals surface area (Å²) in [5, 5.41) is 4.39. The van der Waals surface area contributed by atoms with E-state index in [0.717, 1.165) is 16.7 Å². The van der Waals surface area contributed by atoms with E-state index >= 15 is 0 Å². The Kier molecular flexibility index (Phi) is 2.84. The lowest BCUT2D eigenvalue weighted by atomic mass is 10.2. The summed E-state index contributed by atoms with van der Waals surface area (Å²) < 4.78 is 5.57. The summed E-state index contributed by atoms with van der Waals surface area (Å²) in [6, 6.07) is 9.82. The van der Waals surface area contributed by atoms with Crippen molar-refractivity contribution in [3.63, 3.8) is 0 Å². The second-order valence-electron chi connectivity index (χ2n) is 3.08. The number of fused-ring (bicyclic) bond motifs is 1. The second-order valence-corrected chi connectivity index (χ2v) is 3.49. The summed E-state index contributed by atoms with van der Waals surface area (Å²) in [7, 11) is 0. The lowest BCUT2D eigenvalue weighted by molar-refractivity contribution is 0.540. The van der Waals surface area contributed by atoms with Gasteiger partial charge in [0.05, 0.1) is 6.54 Å². The molecule has 2 rings (SSSR count). The van der Waals surface area contributed by atoms with Gasteiger partial charge in [0.15, 0.2) is 5.11 Å². The van der Waals surface area contributed by atoms with Gasteiger partial charge < -0.3 is 15.2 Å². The van der Waals surface area contributed by atoms with Crippen molar-refractivity contribution in [3.8, 4) is 0 Å². The molecule has 0 amide bonds. The van der Waals surface area contributed by atoms with Gasteiger partial charge in [-0.25, -0.2) is 5.84 Å². The molecule has 78 valence electrons. The van der Waals surface area contributed by atoms with Crippen molar-refractivity contribution in [2.24, 2.45) is 5.84 Å². The molecule has 0 atom stereocenters. The molecule has 2 aromatic rings. The number of furan rings is 1. The van der Waals surface area contributed by atoms with E-state index in [1.54, 1.807) is 0 Å². The SMILES string of the molecule is NNC(=S)NCc1cc2ccccc2o1. The zero-order valence-corrected chi connectivity index (χ0v) is 8.80. The van der Waals surface area contributed by atoms with Crippen LogP contribution in [0.2, 0.25) is 0 Å². The molecule has 0 aliphatic rings. The number of para-hydroxylation sites is 1. The van der Waals surface area contributed by atoms with E-state index in [1.165, 1.54) is 0 Å². The first-order valence-corrected chi connectivity index (χ1v) is 4.92. The number of hydrazine groups is 1. The van der Waals surface area contributed by atoms with E-state index in [1.807, 2.05) is 30.3 Å². The molecule has 0 bridgehead atoms. The van der Waals surface area contributed by atoms with Crippen molar-refractivity contribution in [2.45, 2.75) is 6.54 Å². The predicted molar refractivity (Wildman–Crippen MR) is 63.0 cm³/mol. The zero-order chi connectivity index (χ0) is 10.7. The van der Waals surface area contributed by atoms with Gasteiger partial charge in [-0.1, -0.05) is 18.2 Å². The highest BCUT2D eigenvalue weighted by Crippen LogP contribution is 2.18. The highest BCUT2D eigenvalue weighted by Gasteiger charge is 2.02. The molecule has 1 heterocycles. The first-order valence-electron chi connectivity index (χ1n) is 4.51. The summed E-state index contributed by atoms with van der Waals surface area (Å²) in [6.45, 7) is 0.526. The minimum atomic E-state index is 0.399. The van der Waals surface area contributed by atoms with Gasteiger partial charge in [0, 0.05) is 5.39 Å². The molecule has 0 fully saturated rings. The molecular formula is C10H11N3OS. The van der Waals surface area contributed by atoms with Crippen LogP contribution in [0.3, 0.4) is 0 Å². The van der Waals surface area contributed by atoms with E-state index in [4.69, 9.17) is 22.5 Å². The smallest absolute Gasteiger partial charge is 0.180 e. The molecule has 0 spiro atoms. The molecule has 4 N–H and O–H groups in total. The number of rotatable bonds is 2. The van der Waals surface area contributed by atoms with E-state index in [9.17, 15) is 0 Å². The molecule has 0 aliphatic carbocycles. The molecule has 15 heavy (non-hydrogen) atoms. The number of hydrogen-bond acceptors (Lipinski definition) is 3. The lowest BCUT2D eigenvalue weighted by Crippen LogP contribution is -2.39. The number of nitrogens with one attached hydrogen (secondary N) is 2. The van der Waals surface area contributed by atoms with Gasteiger partial charge >= 0.3 is 0 Å². The van der Waals surface area contributed by atoms with Gasteiger partial charge in [-0.2, -0.15) is 0 Å². The van der Waals surface area contributed by atoms with Crippen LogP contribution in [0.15, 0.2) is 34.7 Å². The molecular weight excluding hydrogens is 210 g/mol. The van der Waals surface area contributed by atoms with Crippen LogP contribution in [0.1, 0.15) is 5.76 Å². The van der Waals surface area contributed by atoms with Gasteiger partial charge in [-0.15, -0.1) is 0 Å². The Labute approximate surface area is 92.4 Å². The normalized spacial score (nSPS) is 10.2. The largest absolute Gasteiger partial charge is 0.459 e. The minimum absolute atomic E-state index is 0.399. The summed E-state index contributed by atoms with van der Waals surface area (Å²) in [4.78, 5) is 0. The molecule has 0 unspecified atom stereocenters. The molecule has 0 saturated carbocycles. The number of benzene rings is 1. The van der Waals surface area contributed by atoms with Crippen molar-refractivity contribution in [3.05, 3.63) is 36.1 Å². The van der Waals surface area contributed by atoms with Crippen molar-refractivity contribution in [1.29, 1.82) is 0 Å². The van der Waals surface area contributed by atoms with Crippen molar-refractivity contribution < 1.29 is 4.42 Å². The third-order valence-corrected chi connectivity index (χ3v) is 2.29. The van der Waals surface area contributed by atoms with Gasteiger partial charge in [0.2, 0.25) is 0 Å². The Hall–Kier alpha value is -1.59. The van der Waals surface area contributed by atoms with Gasteiger partial charge in [0.25, 0.3) is 0 Å². The van der Waals surface area contributed by atoms with Crippen LogP contribution >= 0.6 is 12.2 Å². The fourth-order valence-corrected chi connectivity index (χ4v) is 1.41. The first-order chi connectivity index (χ1) is 7.29. The maximum Gasteiger partial charge on any atom is 0.180 e. The van der Waals surface area contributed by atoms with Crippen LogP contribution in [-0.2, 0) is 6.54 Å². The molecule has 0 aliphatic heterocycles. The van der Waals surface area contributed by atoms with Gasteiger partial charge in [-0.05, 0) is 24.4 Å². The zero-order valence-electron chi connectivity index (χ0n) is 7.99. The van der Waals surface area contributed by atoms with Crippen LogP contribution in [0, 0.1) is 0 Å². The number of hydrogen-bond donors (Lipinski definition) is 3. The van der Waals surface area contributed by atoms with Crippen LogP contribution in [0.5, 0.6) is 0 Å². The number of nitrogens with two attached hydrogens (primary N) is 1. The second kappa shape index (κ2) is 4.29. The Morgan fingerprint density at radius 2 is 2.20 bits per heavy atom. The molecule has 0 saturated heterocycles. The first kappa shape index (κ1) is 9.95. The maximum atomic E-state index is 5.57. The standard InChI is InChI=1S/C10H11N3OS/c11-13-10(15)12-6-8-5-7-3-1-2-4-9(7)14-8/h1-5H,6,11H2,(H2,12,13,15). The monoisotopic (exact) mass is 221 g/mol. The van der Waals surface area contributed by atoms with Crippen LogP contribution in [0.25, 0.3) is 11.0 Å². The summed E-state index contributed by atoms with van der Waals surface area (Å²) in [5.41, 5.74) is 3.22.